The molecule has 0 fully saturated rings. The average molecular weight is 218 g/mol. The Labute approximate surface area is 97.7 Å². The minimum absolute atomic E-state index is 0.979. The van der Waals surface area contributed by atoms with Crippen LogP contribution in [-0.2, 0) is 0 Å². The van der Waals surface area contributed by atoms with Crippen molar-refractivity contribution in [1.82, 2.24) is 4.90 Å². The molecule has 0 aliphatic heterocycles. The van der Waals surface area contributed by atoms with E-state index in [0.717, 1.165) is 17.2 Å². The third-order valence-corrected chi connectivity index (χ3v) is 2.37. The van der Waals surface area contributed by atoms with E-state index in [2.05, 4.69) is 17.1 Å². The van der Waals surface area contributed by atoms with Crippen LogP contribution in [0.5, 0.6) is 0 Å². The molecule has 0 N–H and O–H groups in total. The number of aliphatic imine (C=N–C) groups is 1. The second-order valence-corrected chi connectivity index (χ2v) is 4.14. The van der Waals surface area contributed by atoms with Gasteiger partial charge in [-0.15, -0.1) is 0 Å². The highest BCUT2D eigenvalue weighted by Gasteiger charge is 2.13. The highest BCUT2D eigenvalue weighted by Crippen LogP contribution is 2.02. The molecule has 86 valence electrons. The van der Waals surface area contributed by atoms with E-state index in [-0.39, 0.29) is 0 Å². The summed E-state index contributed by atoms with van der Waals surface area (Å²) in [6.45, 7) is 2.01. The van der Waals surface area contributed by atoms with Crippen molar-refractivity contribution in [3.63, 3.8) is 0 Å². The van der Waals surface area contributed by atoms with E-state index in [0.29, 0.717) is 0 Å². The summed E-state index contributed by atoms with van der Waals surface area (Å²) >= 11 is 0. The van der Waals surface area contributed by atoms with Crippen molar-refractivity contribution >= 4 is 11.7 Å². The van der Waals surface area contributed by atoms with Crippen LogP contribution in [0.3, 0.4) is 0 Å². The number of amidine groups is 2. The lowest BCUT2D eigenvalue weighted by Gasteiger charge is -2.06. The lowest BCUT2D eigenvalue weighted by atomic mass is 10.2. The molecule has 3 nitrogen and oxygen atoms in total. The van der Waals surface area contributed by atoms with Gasteiger partial charge in [0.2, 0.25) is 5.84 Å². The first-order chi connectivity index (χ1) is 7.52. The number of benzene rings is 1. The zero-order chi connectivity index (χ0) is 12.1. The molecule has 16 heavy (non-hydrogen) atoms. The lowest BCUT2D eigenvalue weighted by molar-refractivity contribution is -0.464. The van der Waals surface area contributed by atoms with Gasteiger partial charge in [-0.2, -0.15) is 0 Å². The maximum absolute atomic E-state index is 4.63. The molecule has 0 bridgehead atoms. The number of hydrogen-bond donors (Lipinski definition) is 0. The Bertz CT molecular complexity index is 398. The van der Waals surface area contributed by atoms with Crippen molar-refractivity contribution < 1.29 is 4.58 Å². The molecule has 1 rings (SSSR count). The van der Waals surface area contributed by atoms with Gasteiger partial charge in [0.1, 0.15) is 0 Å². The molecule has 0 saturated heterocycles. The van der Waals surface area contributed by atoms with Crippen LogP contribution in [-0.4, -0.2) is 49.3 Å². The van der Waals surface area contributed by atoms with Crippen LogP contribution in [0.1, 0.15) is 12.5 Å². The summed E-state index contributed by atoms with van der Waals surface area (Å²) in [5.41, 5.74) is 1.13. The summed E-state index contributed by atoms with van der Waals surface area (Å²) in [7, 11) is 8.01. The summed E-state index contributed by atoms with van der Waals surface area (Å²) in [5, 5.41) is 0. The van der Waals surface area contributed by atoms with Gasteiger partial charge in [0.05, 0.1) is 19.7 Å². The average Bonchev–Trinajstić information content (AvgIpc) is 2.26. The zero-order valence-corrected chi connectivity index (χ0v) is 10.7. The van der Waals surface area contributed by atoms with Crippen LogP contribution in [0.15, 0.2) is 35.3 Å². The highest BCUT2D eigenvalue weighted by molar-refractivity contribution is 6.03. The van der Waals surface area contributed by atoms with E-state index in [1.807, 2.05) is 62.8 Å². The molecule has 0 amide bonds. The summed E-state index contributed by atoms with van der Waals surface area (Å²) in [5.74, 6) is 1.97. The standard InChI is InChI=1S/C13H20N3/c1-11(15(2)3)14-13(16(4)5)12-9-7-6-8-10-12/h6-10H,1-5H3/q+1. The first kappa shape index (κ1) is 12.4. The Hall–Kier alpha value is -1.64. The SMILES string of the molecule is CC(=NC(c1ccccc1)=[N+](C)C)N(C)C. The maximum Gasteiger partial charge on any atom is 0.327 e. The van der Waals surface area contributed by atoms with Crippen LogP contribution in [0, 0.1) is 0 Å². The first-order valence-electron chi connectivity index (χ1n) is 5.34. The van der Waals surface area contributed by atoms with E-state index in [9.17, 15) is 0 Å². The van der Waals surface area contributed by atoms with Gasteiger partial charge in [-0.05, 0) is 17.1 Å². The monoisotopic (exact) mass is 218 g/mol. The molecule has 3 heteroatoms. The van der Waals surface area contributed by atoms with Crippen LogP contribution < -0.4 is 0 Å². The minimum Gasteiger partial charge on any atom is -0.346 e. The Balaban J connectivity index is 3.15. The van der Waals surface area contributed by atoms with Gasteiger partial charge in [0, 0.05) is 21.0 Å². The van der Waals surface area contributed by atoms with Gasteiger partial charge >= 0.3 is 5.84 Å². The van der Waals surface area contributed by atoms with E-state index in [1.165, 1.54) is 0 Å². The van der Waals surface area contributed by atoms with Crippen molar-refractivity contribution in [2.75, 3.05) is 28.2 Å². The van der Waals surface area contributed by atoms with Crippen LogP contribution >= 0.6 is 0 Å². The van der Waals surface area contributed by atoms with Crippen molar-refractivity contribution in [2.24, 2.45) is 4.99 Å². The minimum atomic E-state index is 0.979. The molecule has 0 aliphatic rings. The second kappa shape index (κ2) is 5.45. The molecule has 0 spiro atoms. The van der Waals surface area contributed by atoms with E-state index >= 15 is 0 Å². The topological polar surface area (TPSA) is 18.6 Å². The maximum atomic E-state index is 4.63. The predicted molar refractivity (Wildman–Crippen MR) is 69.5 cm³/mol. The van der Waals surface area contributed by atoms with Gasteiger partial charge < -0.3 is 4.90 Å². The van der Waals surface area contributed by atoms with Crippen LogP contribution in [0.2, 0.25) is 0 Å². The van der Waals surface area contributed by atoms with E-state index in [4.69, 9.17) is 0 Å². The molecule has 0 aliphatic carbocycles. The molecule has 0 aromatic heterocycles. The largest absolute Gasteiger partial charge is 0.346 e. The Morgan fingerprint density at radius 3 is 2.12 bits per heavy atom. The van der Waals surface area contributed by atoms with Gasteiger partial charge in [0.25, 0.3) is 0 Å². The van der Waals surface area contributed by atoms with Gasteiger partial charge in [-0.1, -0.05) is 18.2 Å². The fraction of sp³-hybridized carbons (Fsp3) is 0.385. The molecule has 0 atom stereocenters. The number of nitrogens with zero attached hydrogens (tertiary/aromatic N) is 3. The molecule has 1 aromatic carbocycles. The molecule has 1 aromatic rings. The quantitative estimate of drug-likeness (QED) is 0.398. The summed E-state index contributed by atoms with van der Waals surface area (Å²) in [6.07, 6.45) is 0. The molecular formula is C13H20N3+. The smallest absolute Gasteiger partial charge is 0.327 e. The predicted octanol–water partition coefficient (Wildman–Crippen LogP) is 1.69. The summed E-state index contributed by atoms with van der Waals surface area (Å²) in [6, 6.07) is 10.2. The van der Waals surface area contributed by atoms with Crippen LogP contribution in [0.4, 0.5) is 0 Å². The van der Waals surface area contributed by atoms with Gasteiger partial charge in [-0.25, -0.2) is 0 Å². The van der Waals surface area contributed by atoms with Crippen molar-refractivity contribution in [3.8, 4) is 0 Å². The van der Waals surface area contributed by atoms with Crippen molar-refractivity contribution in [3.05, 3.63) is 35.9 Å². The number of hydrogen-bond acceptors (Lipinski definition) is 0. The van der Waals surface area contributed by atoms with Gasteiger partial charge in [-0.3, -0.25) is 4.58 Å². The molecule has 0 radical (unpaired) electrons. The zero-order valence-electron chi connectivity index (χ0n) is 10.7. The van der Waals surface area contributed by atoms with E-state index < -0.39 is 0 Å². The fourth-order valence-electron chi connectivity index (χ4n) is 1.26. The molecule has 0 unspecified atom stereocenters. The van der Waals surface area contributed by atoms with Crippen LogP contribution in [0.25, 0.3) is 0 Å². The highest BCUT2D eigenvalue weighted by atomic mass is 15.2. The fourth-order valence-corrected chi connectivity index (χ4v) is 1.26. The number of rotatable bonds is 1. The summed E-state index contributed by atoms with van der Waals surface area (Å²) < 4.78 is 2.03. The Morgan fingerprint density at radius 2 is 1.69 bits per heavy atom. The summed E-state index contributed by atoms with van der Waals surface area (Å²) in [4.78, 5) is 6.64. The van der Waals surface area contributed by atoms with Crippen molar-refractivity contribution in [2.45, 2.75) is 6.92 Å². The van der Waals surface area contributed by atoms with Gasteiger partial charge in [0.15, 0.2) is 0 Å². The molecule has 0 saturated carbocycles. The lowest BCUT2D eigenvalue weighted by Crippen LogP contribution is -2.22. The Morgan fingerprint density at radius 1 is 1.12 bits per heavy atom. The van der Waals surface area contributed by atoms with Crippen molar-refractivity contribution in [1.29, 1.82) is 0 Å². The van der Waals surface area contributed by atoms with E-state index in [1.54, 1.807) is 0 Å². The molecular weight excluding hydrogens is 198 g/mol. The normalized spacial score (nSPS) is 11.2. The third kappa shape index (κ3) is 3.19. The third-order valence-electron chi connectivity index (χ3n) is 2.37. The molecule has 0 heterocycles. The Kier molecular flexibility index (Phi) is 4.23. The first-order valence-corrected chi connectivity index (χ1v) is 5.34. The second-order valence-electron chi connectivity index (χ2n) is 4.14.